The Balaban J connectivity index is 2.25. The molecule has 1 heterocycles. The largest absolute Gasteiger partial charge is 0.278 e. The molecular weight excluding hydrogens is 288 g/mol. The molecule has 0 fully saturated rings. The van der Waals surface area contributed by atoms with E-state index in [1.807, 2.05) is 18.2 Å². The van der Waals surface area contributed by atoms with Gasteiger partial charge in [0.05, 0.1) is 20.7 Å². The van der Waals surface area contributed by atoms with Crippen molar-refractivity contribution in [1.82, 2.24) is 3.97 Å². The van der Waals surface area contributed by atoms with Crippen molar-refractivity contribution >= 4 is 27.6 Å². The number of nitro groups is 1. The number of hydrogen-bond acceptors (Lipinski definition) is 3. The first kappa shape index (κ1) is 13.5. The summed E-state index contributed by atoms with van der Waals surface area (Å²) in [6.07, 6.45) is 0. The molecule has 0 aliphatic rings. The van der Waals surface area contributed by atoms with Crippen LogP contribution in [0.1, 0.15) is 5.69 Å². The van der Waals surface area contributed by atoms with Gasteiger partial charge in [-0.1, -0.05) is 24.3 Å². The summed E-state index contributed by atoms with van der Waals surface area (Å²) in [5.41, 5.74) is 1.35. The molecule has 5 nitrogen and oxygen atoms in total. The average molecular weight is 300 g/mol. The number of fused-ring (bicyclic) bond motifs is 1. The van der Waals surface area contributed by atoms with Gasteiger partial charge < -0.3 is 0 Å². The lowest BCUT2D eigenvalue weighted by atomic mass is 10.2. The number of nitro benzene ring substituents is 1. The van der Waals surface area contributed by atoms with Gasteiger partial charge in [0.1, 0.15) is 0 Å². The first-order valence-corrected chi connectivity index (χ1v) is 7.43. The zero-order valence-corrected chi connectivity index (χ0v) is 12.0. The quantitative estimate of drug-likeness (QED) is 0.550. The Hall–Kier alpha value is -2.47. The van der Waals surface area contributed by atoms with Gasteiger partial charge in [0.25, 0.3) is 5.69 Å². The fourth-order valence-corrected chi connectivity index (χ4v) is 3.60. The minimum absolute atomic E-state index is 0.0272. The van der Waals surface area contributed by atoms with Gasteiger partial charge in [-0.05, 0) is 31.2 Å². The van der Waals surface area contributed by atoms with Crippen molar-refractivity contribution in [2.45, 2.75) is 11.8 Å². The highest BCUT2D eigenvalue weighted by Gasteiger charge is 2.19. The minimum atomic E-state index is -1.43. The number of aryl methyl sites for hydroxylation is 1. The summed E-state index contributed by atoms with van der Waals surface area (Å²) in [7, 11) is -1.43. The summed E-state index contributed by atoms with van der Waals surface area (Å²) in [5.74, 6) is 0. The number of hydrogen-bond donors (Lipinski definition) is 0. The van der Waals surface area contributed by atoms with Gasteiger partial charge in [-0.15, -0.1) is 0 Å². The van der Waals surface area contributed by atoms with Gasteiger partial charge in [0, 0.05) is 11.8 Å². The third-order valence-corrected chi connectivity index (χ3v) is 4.75. The van der Waals surface area contributed by atoms with E-state index in [9.17, 15) is 14.3 Å². The molecule has 1 aromatic heterocycles. The van der Waals surface area contributed by atoms with E-state index in [-0.39, 0.29) is 5.69 Å². The molecule has 3 rings (SSSR count). The molecule has 2 aromatic carbocycles. The highest BCUT2D eigenvalue weighted by Crippen LogP contribution is 2.30. The average Bonchev–Trinajstić information content (AvgIpc) is 2.82. The van der Waals surface area contributed by atoms with Crippen molar-refractivity contribution in [3.8, 4) is 0 Å². The van der Waals surface area contributed by atoms with Crippen LogP contribution in [0.4, 0.5) is 5.69 Å². The molecule has 0 bridgehead atoms. The molecule has 0 radical (unpaired) electrons. The van der Waals surface area contributed by atoms with Crippen LogP contribution < -0.4 is 0 Å². The molecule has 21 heavy (non-hydrogen) atoms. The Kier molecular flexibility index (Phi) is 3.31. The smallest absolute Gasteiger partial charge is 0.259 e. The number of rotatable bonds is 3. The molecule has 0 spiro atoms. The molecule has 0 saturated heterocycles. The fraction of sp³-hybridized carbons (Fsp3) is 0.0667. The third-order valence-electron chi connectivity index (χ3n) is 3.26. The second kappa shape index (κ2) is 5.14. The zero-order chi connectivity index (χ0) is 15.0. The summed E-state index contributed by atoms with van der Waals surface area (Å²) in [6, 6.07) is 15.6. The monoisotopic (exact) mass is 300 g/mol. The minimum Gasteiger partial charge on any atom is -0.259 e. The lowest BCUT2D eigenvalue weighted by Crippen LogP contribution is -2.06. The van der Waals surface area contributed by atoms with Crippen molar-refractivity contribution in [3.05, 3.63) is 70.4 Å². The lowest BCUT2D eigenvalue weighted by Gasteiger charge is -2.07. The van der Waals surface area contributed by atoms with E-state index in [0.29, 0.717) is 15.8 Å². The summed E-state index contributed by atoms with van der Waals surface area (Å²) in [6.45, 7) is 1.80. The van der Waals surface area contributed by atoms with Gasteiger partial charge >= 0.3 is 0 Å². The van der Waals surface area contributed by atoms with Crippen LogP contribution in [-0.2, 0) is 11.0 Å². The van der Waals surface area contributed by atoms with Crippen molar-refractivity contribution < 1.29 is 9.13 Å². The summed E-state index contributed by atoms with van der Waals surface area (Å²) in [4.78, 5) is 11.3. The Bertz CT molecular complexity index is 856. The second-order valence-electron chi connectivity index (χ2n) is 4.61. The van der Waals surface area contributed by atoms with E-state index in [1.54, 1.807) is 41.2 Å². The van der Waals surface area contributed by atoms with Crippen LogP contribution in [-0.4, -0.2) is 13.1 Å². The number of aromatic nitrogens is 1. The Labute approximate surface area is 123 Å². The van der Waals surface area contributed by atoms with Crippen LogP contribution in [0.2, 0.25) is 0 Å². The third kappa shape index (κ3) is 2.23. The van der Waals surface area contributed by atoms with E-state index >= 15 is 0 Å². The molecule has 0 N–H and O–H groups in total. The second-order valence-corrected chi connectivity index (χ2v) is 5.94. The summed E-state index contributed by atoms with van der Waals surface area (Å²) < 4.78 is 14.4. The molecule has 6 heteroatoms. The van der Waals surface area contributed by atoms with Crippen LogP contribution >= 0.6 is 0 Å². The van der Waals surface area contributed by atoms with Crippen molar-refractivity contribution in [3.63, 3.8) is 0 Å². The number of non-ortho nitro benzene ring substituents is 1. The maximum Gasteiger partial charge on any atom is 0.278 e. The van der Waals surface area contributed by atoms with E-state index in [1.165, 1.54) is 6.07 Å². The Morgan fingerprint density at radius 3 is 2.48 bits per heavy atom. The van der Waals surface area contributed by atoms with Crippen molar-refractivity contribution in [2.75, 3.05) is 0 Å². The Morgan fingerprint density at radius 1 is 1.10 bits per heavy atom. The van der Waals surface area contributed by atoms with Gasteiger partial charge in [-0.25, -0.2) is 4.21 Å². The first-order valence-electron chi connectivity index (χ1n) is 6.32. The molecule has 106 valence electrons. The van der Waals surface area contributed by atoms with Crippen LogP contribution in [0.25, 0.3) is 10.9 Å². The molecule has 1 unspecified atom stereocenters. The maximum atomic E-state index is 12.7. The predicted octanol–water partition coefficient (Wildman–Crippen LogP) is 3.43. The van der Waals surface area contributed by atoms with E-state index < -0.39 is 15.9 Å². The molecule has 3 aromatic rings. The molecule has 0 aliphatic carbocycles. The SMILES string of the molecule is Cc1cc2c([N+](=O)[O-])cccc2n1S(=O)c1ccccc1. The van der Waals surface area contributed by atoms with Gasteiger partial charge in [-0.3, -0.25) is 14.1 Å². The van der Waals surface area contributed by atoms with E-state index in [4.69, 9.17) is 0 Å². The molecule has 0 amide bonds. The lowest BCUT2D eigenvalue weighted by molar-refractivity contribution is -0.383. The van der Waals surface area contributed by atoms with Gasteiger partial charge in [0.15, 0.2) is 11.0 Å². The molecule has 0 aliphatic heterocycles. The highest BCUT2D eigenvalue weighted by molar-refractivity contribution is 7.83. The van der Waals surface area contributed by atoms with Gasteiger partial charge in [0.2, 0.25) is 0 Å². The maximum absolute atomic E-state index is 12.7. The number of nitrogens with zero attached hydrogens (tertiary/aromatic N) is 2. The summed E-state index contributed by atoms with van der Waals surface area (Å²) in [5, 5.41) is 11.6. The first-order chi connectivity index (χ1) is 10.1. The van der Waals surface area contributed by atoms with Crippen molar-refractivity contribution in [2.24, 2.45) is 0 Å². The Morgan fingerprint density at radius 2 is 1.81 bits per heavy atom. The normalized spacial score (nSPS) is 12.4. The number of benzene rings is 2. The van der Waals surface area contributed by atoms with Crippen LogP contribution in [0, 0.1) is 17.0 Å². The van der Waals surface area contributed by atoms with Crippen LogP contribution in [0.15, 0.2) is 59.5 Å². The zero-order valence-electron chi connectivity index (χ0n) is 11.2. The molecule has 0 saturated carbocycles. The highest BCUT2D eigenvalue weighted by atomic mass is 32.2. The van der Waals surface area contributed by atoms with Crippen molar-refractivity contribution in [1.29, 1.82) is 0 Å². The predicted molar refractivity (Wildman–Crippen MR) is 81.6 cm³/mol. The van der Waals surface area contributed by atoms with E-state index in [2.05, 4.69) is 0 Å². The van der Waals surface area contributed by atoms with E-state index in [0.717, 1.165) is 5.69 Å². The van der Waals surface area contributed by atoms with Crippen LogP contribution in [0.3, 0.4) is 0 Å². The molecule has 1 atom stereocenters. The standard InChI is InChI=1S/C15H12N2O3S/c1-11-10-13-14(8-5-9-15(13)17(18)19)16(11)21(20)12-6-3-2-4-7-12/h2-10H,1H3. The molecular formula is C15H12N2O3S. The topological polar surface area (TPSA) is 65.1 Å². The van der Waals surface area contributed by atoms with Gasteiger partial charge in [-0.2, -0.15) is 0 Å². The fourth-order valence-electron chi connectivity index (χ4n) is 2.35. The summed E-state index contributed by atoms with van der Waals surface area (Å²) >= 11 is 0. The van der Waals surface area contributed by atoms with Crippen LogP contribution in [0.5, 0.6) is 0 Å².